The Balaban J connectivity index is 1.31. The first-order valence-corrected chi connectivity index (χ1v) is 12.0. The van der Waals surface area contributed by atoms with Gasteiger partial charge < -0.3 is 19.7 Å². The summed E-state index contributed by atoms with van der Waals surface area (Å²) in [5.74, 6) is 1.33. The third-order valence-electron chi connectivity index (χ3n) is 6.06. The second-order valence-corrected chi connectivity index (χ2v) is 9.37. The van der Waals surface area contributed by atoms with Crippen LogP contribution in [-0.4, -0.2) is 62.9 Å². The number of piperidine rings is 1. The van der Waals surface area contributed by atoms with Crippen LogP contribution in [0.4, 0.5) is 0 Å². The lowest BCUT2D eigenvalue weighted by Crippen LogP contribution is -2.59. The summed E-state index contributed by atoms with van der Waals surface area (Å²) in [5.41, 5.74) is 0.720. The number of hydrogen-bond donors (Lipinski definition) is 2. The molecular weight excluding hydrogens is 454 g/mol. The van der Waals surface area contributed by atoms with Crippen LogP contribution in [0.2, 0.25) is 5.02 Å². The van der Waals surface area contributed by atoms with E-state index in [1.165, 1.54) is 0 Å². The van der Waals surface area contributed by atoms with E-state index in [1.807, 2.05) is 60.3 Å². The Morgan fingerprint density at radius 3 is 2.88 bits per heavy atom. The van der Waals surface area contributed by atoms with Gasteiger partial charge in [-0.25, -0.2) is 0 Å². The fourth-order valence-electron chi connectivity index (χ4n) is 4.19. The predicted molar refractivity (Wildman–Crippen MR) is 131 cm³/mol. The molecule has 7 nitrogen and oxygen atoms in total. The average molecular weight is 486 g/mol. The summed E-state index contributed by atoms with van der Waals surface area (Å²) in [4.78, 5) is 2.13. The standard InChI is InChI=1S/C26H32ClN3O4/c1-20-7-8-23(27)24(15-20)34-19-26(32)18-29(13-9-25(26)31)17-21-5-2-6-22(16-21)33-14-4-12-30-11-3-10-28-30/h2-3,5-8,10-11,15-16,25,31-32H,4,9,12-14,17-19H2,1H3/t25-,26+/m0/s1. The second-order valence-electron chi connectivity index (χ2n) is 8.96. The molecule has 1 saturated heterocycles. The molecule has 8 heteroatoms. The minimum absolute atomic E-state index is 0.0345. The van der Waals surface area contributed by atoms with Crippen LogP contribution in [0, 0.1) is 6.92 Å². The van der Waals surface area contributed by atoms with Gasteiger partial charge in [0.15, 0.2) is 0 Å². The van der Waals surface area contributed by atoms with Crippen LogP contribution in [0.25, 0.3) is 0 Å². The Kier molecular flexibility index (Phi) is 8.11. The lowest BCUT2D eigenvalue weighted by atomic mass is 9.90. The number of aryl methyl sites for hydroxylation is 2. The Labute approximate surface area is 205 Å². The maximum atomic E-state index is 11.2. The number of halogens is 1. The summed E-state index contributed by atoms with van der Waals surface area (Å²) in [5, 5.41) is 26.4. The van der Waals surface area contributed by atoms with E-state index in [0.29, 0.717) is 43.4 Å². The van der Waals surface area contributed by atoms with Gasteiger partial charge >= 0.3 is 0 Å². The maximum absolute atomic E-state index is 11.2. The monoisotopic (exact) mass is 485 g/mol. The van der Waals surface area contributed by atoms with E-state index >= 15 is 0 Å². The van der Waals surface area contributed by atoms with Gasteiger partial charge in [-0.3, -0.25) is 9.58 Å². The molecule has 1 aliphatic rings. The highest BCUT2D eigenvalue weighted by Gasteiger charge is 2.42. The van der Waals surface area contributed by atoms with Crippen LogP contribution < -0.4 is 9.47 Å². The Hall–Kier alpha value is -2.58. The Morgan fingerprint density at radius 2 is 2.06 bits per heavy atom. The maximum Gasteiger partial charge on any atom is 0.138 e. The van der Waals surface area contributed by atoms with E-state index in [4.69, 9.17) is 21.1 Å². The number of aliphatic hydroxyl groups is 2. The van der Waals surface area contributed by atoms with Crippen molar-refractivity contribution in [3.8, 4) is 11.5 Å². The summed E-state index contributed by atoms with van der Waals surface area (Å²) in [7, 11) is 0. The van der Waals surface area contributed by atoms with Crippen molar-refractivity contribution in [3.63, 3.8) is 0 Å². The van der Waals surface area contributed by atoms with Crippen molar-refractivity contribution in [3.05, 3.63) is 77.1 Å². The van der Waals surface area contributed by atoms with E-state index in [-0.39, 0.29) is 6.61 Å². The van der Waals surface area contributed by atoms with E-state index < -0.39 is 11.7 Å². The molecule has 0 amide bonds. The number of benzene rings is 2. The van der Waals surface area contributed by atoms with Crippen molar-refractivity contribution in [2.24, 2.45) is 0 Å². The minimum atomic E-state index is -1.38. The molecule has 0 bridgehead atoms. The van der Waals surface area contributed by atoms with Gasteiger partial charge in [-0.1, -0.05) is 29.8 Å². The second kappa shape index (κ2) is 11.2. The molecule has 2 atom stereocenters. The third-order valence-corrected chi connectivity index (χ3v) is 6.38. The first kappa shape index (κ1) is 24.5. The molecule has 2 N–H and O–H groups in total. The molecule has 0 spiro atoms. The smallest absolute Gasteiger partial charge is 0.138 e. The normalized spacial score (nSPS) is 20.9. The first-order chi connectivity index (χ1) is 16.4. The van der Waals surface area contributed by atoms with Gasteiger partial charge in [-0.2, -0.15) is 5.10 Å². The zero-order valence-electron chi connectivity index (χ0n) is 19.4. The molecule has 0 unspecified atom stereocenters. The molecule has 0 aliphatic carbocycles. The van der Waals surface area contributed by atoms with Crippen molar-refractivity contribution in [2.45, 2.75) is 44.6 Å². The van der Waals surface area contributed by atoms with Gasteiger partial charge in [0.2, 0.25) is 0 Å². The van der Waals surface area contributed by atoms with Gasteiger partial charge in [0.25, 0.3) is 0 Å². The molecule has 0 radical (unpaired) electrons. The SMILES string of the molecule is Cc1ccc(Cl)c(OC[C@]2(O)CN(Cc3cccc(OCCCn4cccn4)c3)CC[C@@H]2O)c1. The van der Waals surface area contributed by atoms with Gasteiger partial charge in [0, 0.05) is 45.0 Å². The van der Waals surface area contributed by atoms with E-state index in [0.717, 1.165) is 29.8 Å². The summed E-state index contributed by atoms with van der Waals surface area (Å²) >= 11 is 6.22. The summed E-state index contributed by atoms with van der Waals surface area (Å²) in [6.07, 6.45) is 4.18. The highest BCUT2D eigenvalue weighted by molar-refractivity contribution is 6.32. The summed E-state index contributed by atoms with van der Waals surface area (Å²) in [6, 6.07) is 15.4. The zero-order chi connectivity index (χ0) is 24.0. The van der Waals surface area contributed by atoms with Crippen molar-refractivity contribution >= 4 is 11.6 Å². The summed E-state index contributed by atoms with van der Waals surface area (Å²) < 4.78 is 13.6. The molecule has 2 aromatic carbocycles. The van der Waals surface area contributed by atoms with E-state index in [1.54, 1.807) is 12.3 Å². The summed E-state index contributed by atoms with van der Waals surface area (Å²) in [6.45, 7) is 4.97. The molecule has 34 heavy (non-hydrogen) atoms. The molecule has 3 aromatic rings. The molecule has 1 fully saturated rings. The lowest BCUT2D eigenvalue weighted by molar-refractivity contribution is -0.140. The van der Waals surface area contributed by atoms with Crippen molar-refractivity contribution in [2.75, 3.05) is 26.3 Å². The van der Waals surface area contributed by atoms with Crippen LogP contribution in [0.15, 0.2) is 60.9 Å². The van der Waals surface area contributed by atoms with Crippen LogP contribution >= 0.6 is 11.6 Å². The molecule has 4 rings (SSSR count). The predicted octanol–water partition coefficient (Wildman–Crippen LogP) is 3.69. The van der Waals surface area contributed by atoms with E-state index in [9.17, 15) is 10.2 Å². The van der Waals surface area contributed by atoms with Crippen molar-refractivity contribution < 1.29 is 19.7 Å². The number of rotatable bonds is 10. The fourth-order valence-corrected chi connectivity index (χ4v) is 4.36. The molecule has 1 aromatic heterocycles. The minimum Gasteiger partial charge on any atom is -0.494 e. The number of likely N-dealkylation sites (tertiary alicyclic amines) is 1. The van der Waals surface area contributed by atoms with Gasteiger partial charge in [0.1, 0.15) is 23.7 Å². The quantitative estimate of drug-likeness (QED) is 0.426. The molecule has 0 saturated carbocycles. The molecular formula is C26H32ClN3O4. The largest absolute Gasteiger partial charge is 0.494 e. The number of aromatic nitrogens is 2. The number of β-amino-alcohol motifs (C(OH)–C–C–N with tert-alkyl or cyclic N) is 1. The number of nitrogens with zero attached hydrogens (tertiary/aromatic N) is 3. The first-order valence-electron chi connectivity index (χ1n) is 11.6. The van der Waals surface area contributed by atoms with Crippen LogP contribution in [0.5, 0.6) is 11.5 Å². The highest BCUT2D eigenvalue weighted by atomic mass is 35.5. The number of aliphatic hydroxyl groups excluding tert-OH is 1. The van der Waals surface area contributed by atoms with Crippen molar-refractivity contribution in [1.82, 2.24) is 14.7 Å². The number of hydrogen-bond acceptors (Lipinski definition) is 6. The average Bonchev–Trinajstić information content (AvgIpc) is 3.34. The lowest BCUT2D eigenvalue weighted by Gasteiger charge is -2.42. The Morgan fingerprint density at radius 1 is 1.18 bits per heavy atom. The van der Waals surface area contributed by atoms with Gasteiger partial charge in [-0.05, 0) is 54.8 Å². The fraction of sp³-hybridized carbons (Fsp3) is 0.423. The zero-order valence-corrected chi connectivity index (χ0v) is 20.2. The van der Waals surface area contributed by atoms with Crippen molar-refractivity contribution in [1.29, 1.82) is 0 Å². The Bertz CT molecular complexity index is 1060. The number of ether oxygens (including phenoxy) is 2. The van der Waals surface area contributed by atoms with Gasteiger partial charge in [-0.15, -0.1) is 0 Å². The van der Waals surface area contributed by atoms with Gasteiger partial charge in [0.05, 0.1) is 17.7 Å². The molecule has 2 heterocycles. The molecule has 182 valence electrons. The third kappa shape index (κ3) is 6.51. The highest BCUT2D eigenvalue weighted by Crippen LogP contribution is 2.29. The van der Waals surface area contributed by atoms with Crippen LogP contribution in [0.3, 0.4) is 0 Å². The van der Waals surface area contributed by atoms with E-state index in [2.05, 4.69) is 10.00 Å². The topological polar surface area (TPSA) is 80.0 Å². The molecule has 1 aliphatic heterocycles. The van der Waals surface area contributed by atoms with Crippen LogP contribution in [0.1, 0.15) is 24.0 Å². The van der Waals surface area contributed by atoms with Crippen LogP contribution in [-0.2, 0) is 13.1 Å².